The fourth-order valence-corrected chi connectivity index (χ4v) is 3.20. The van der Waals surface area contributed by atoms with Crippen LogP contribution in [0.15, 0.2) is 36.4 Å². The molecule has 0 radical (unpaired) electrons. The van der Waals surface area contributed by atoms with E-state index in [1.54, 1.807) is 20.3 Å². The van der Waals surface area contributed by atoms with Gasteiger partial charge in [0.25, 0.3) is 0 Å². The fourth-order valence-electron chi connectivity index (χ4n) is 3.20. The molecule has 0 fully saturated rings. The van der Waals surface area contributed by atoms with E-state index in [4.69, 9.17) is 9.47 Å². The largest absolute Gasteiger partial charge is 0.493 e. The van der Waals surface area contributed by atoms with Crippen molar-refractivity contribution in [2.75, 3.05) is 14.2 Å². The number of nitrogens with zero attached hydrogens (tertiary/aromatic N) is 2. The molecule has 0 saturated carbocycles. The number of halogens is 3. The molecule has 1 heterocycles. The van der Waals surface area contributed by atoms with Crippen molar-refractivity contribution in [3.63, 3.8) is 0 Å². The van der Waals surface area contributed by atoms with Crippen molar-refractivity contribution in [3.05, 3.63) is 53.3 Å². The van der Waals surface area contributed by atoms with Crippen LogP contribution in [0.1, 0.15) is 36.8 Å². The molecule has 4 nitrogen and oxygen atoms in total. The highest BCUT2D eigenvalue weighted by Crippen LogP contribution is 2.33. The van der Waals surface area contributed by atoms with E-state index in [9.17, 15) is 13.2 Å². The quantitative estimate of drug-likeness (QED) is 0.609. The lowest BCUT2D eigenvalue weighted by Gasteiger charge is -2.14. The van der Waals surface area contributed by atoms with Crippen LogP contribution in [0.2, 0.25) is 0 Å². The Balaban J connectivity index is 2.07. The van der Waals surface area contributed by atoms with Gasteiger partial charge in [-0.05, 0) is 49.7 Å². The number of aromatic nitrogens is 2. The molecular formula is C20H21F3N2O2. The van der Waals surface area contributed by atoms with Crippen LogP contribution in [0.25, 0.3) is 11.0 Å². The second-order valence-electron chi connectivity index (χ2n) is 6.56. The van der Waals surface area contributed by atoms with E-state index in [1.165, 1.54) is 6.07 Å². The Kier molecular flexibility index (Phi) is 5.04. The summed E-state index contributed by atoms with van der Waals surface area (Å²) >= 11 is 0. The molecule has 0 N–H and O–H groups in total. The zero-order valence-electron chi connectivity index (χ0n) is 15.6. The zero-order valence-corrected chi connectivity index (χ0v) is 15.6. The van der Waals surface area contributed by atoms with Crippen molar-refractivity contribution in [1.29, 1.82) is 0 Å². The second kappa shape index (κ2) is 7.13. The van der Waals surface area contributed by atoms with Crippen LogP contribution in [0.5, 0.6) is 11.5 Å². The van der Waals surface area contributed by atoms with Crippen molar-refractivity contribution < 1.29 is 22.6 Å². The Morgan fingerprint density at radius 3 is 2.30 bits per heavy atom. The average Bonchev–Trinajstić information content (AvgIpc) is 2.97. The third kappa shape index (κ3) is 3.72. The van der Waals surface area contributed by atoms with Crippen molar-refractivity contribution >= 4 is 11.0 Å². The lowest BCUT2D eigenvalue weighted by molar-refractivity contribution is -0.137. The Morgan fingerprint density at radius 2 is 1.70 bits per heavy atom. The van der Waals surface area contributed by atoms with Gasteiger partial charge in [-0.1, -0.05) is 6.07 Å². The van der Waals surface area contributed by atoms with Crippen molar-refractivity contribution in [1.82, 2.24) is 9.55 Å². The highest BCUT2D eigenvalue weighted by atomic mass is 19.4. The molecule has 0 aliphatic heterocycles. The number of rotatable bonds is 5. The maximum atomic E-state index is 13.0. The van der Waals surface area contributed by atoms with E-state index in [1.807, 2.05) is 30.5 Å². The Labute approximate surface area is 155 Å². The van der Waals surface area contributed by atoms with Crippen molar-refractivity contribution in [2.45, 2.75) is 32.5 Å². The monoisotopic (exact) mass is 378 g/mol. The maximum Gasteiger partial charge on any atom is 0.416 e. The Bertz CT molecular complexity index is 962. The number of alkyl halides is 3. The molecule has 0 aliphatic carbocycles. The molecule has 2 aromatic carbocycles. The van der Waals surface area contributed by atoms with Gasteiger partial charge in [0.1, 0.15) is 5.82 Å². The first kappa shape index (κ1) is 19.1. The summed E-state index contributed by atoms with van der Waals surface area (Å²) in [6, 6.07) is 9.30. The summed E-state index contributed by atoms with van der Waals surface area (Å²) in [6.45, 7) is 3.97. The first-order chi connectivity index (χ1) is 12.7. The normalized spacial score (nSPS) is 12.0. The van der Waals surface area contributed by atoms with E-state index in [0.29, 0.717) is 34.8 Å². The lowest BCUT2D eigenvalue weighted by atomic mass is 10.1. The summed E-state index contributed by atoms with van der Waals surface area (Å²) in [5.41, 5.74) is 1.27. The topological polar surface area (TPSA) is 36.3 Å². The third-order valence-corrected chi connectivity index (χ3v) is 4.42. The maximum absolute atomic E-state index is 13.0. The summed E-state index contributed by atoms with van der Waals surface area (Å²) in [5, 5.41) is 0. The molecule has 7 heteroatoms. The molecular weight excluding hydrogens is 357 g/mol. The average molecular weight is 378 g/mol. The summed E-state index contributed by atoms with van der Waals surface area (Å²) < 4.78 is 51.6. The SMILES string of the molecule is COc1ccc(Cc2nc3cc(C(F)(F)F)ccc3n2C(C)C)cc1OC. The number of ether oxygens (including phenoxy) is 2. The van der Waals surface area contributed by atoms with E-state index in [2.05, 4.69) is 4.98 Å². The van der Waals surface area contributed by atoms with E-state index in [0.717, 1.165) is 17.7 Å². The van der Waals surface area contributed by atoms with Crippen LogP contribution in [0, 0.1) is 0 Å². The van der Waals surface area contributed by atoms with Crippen LogP contribution < -0.4 is 9.47 Å². The number of hydrogen-bond donors (Lipinski definition) is 0. The minimum Gasteiger partial charge on any atom is -0.493 e. The smallest absolute Gasteiger partial charge is 0.416 e. The van der Waals surface area contributed by atoms with Gasteiger partial charge in [-0.25, -0.2) is 4.98 Å². The minimum atomic E-state index is -4.39. The first-order valence-corrected chi connectivity index (χ1v) is 8.53. The predicted octanol–water partition coefficient (Wildman–Crippen LogP) is 5.24. The van der Waals surface area contributed by atoms with Crippen LogP contribution in [-0.4, -0.2) is 23.8 Å². The summed E-state index contributed by atoms with van der Waals surface area (Å²) in [6.07, 6.45) is -3.92. The van der Waals surface area contributed by atoms with Crippen molar-refractivity contribution in [3.8, 4) is 11.5 Å². The van der Waals surface area contributed by atoms with Crippen LogP contribution in [0.4, 0.5) is 13.2 Å². The van der Waals surface area contributed by atoms with E-state index >= 15 is 0 Å². The molecule has 0 saturated heterocycles. The molecule has 1 aromatic heterocycles. The van der Waals surface area contributed by atoms with Gasteiger partial charge in [0, 0.05) is 12.5 Å². The second-order valence-corrected chi connectivity index (χ2v) is 6.56. The molecule has 0 aliphatic rings. The number of fused-ring (bicyclic) bond motifs is 1. The molecule has 0 unspecified atom stereocenters. The minimum absolute atomic E-state index is 0.0573. The summed E-state index contributed by atoms with van der Waals surface area (Å²) in [5.74, 6) is 1.92. The van der Waals surface area contributed by atoms with Gasteiger partial charge in [0.05, 0.1) is 30.8 Å². The van der Waals surface area contributed by atoms with Gasteiger partial charge in [-0.3, -0.25) is 0 Å². The van der Waals surface area contributed by atoms with E-state index in [-0.39, 0.29) is 6.04 Å². The highest BCUT2D eigenvalue weighted by Gasteiger charge is 2.31. The first-order valence-electron chi connectivity index (χ1n) is 8.53. The van der Waals surface area contributed by atoms with Gasteiger partial charge in [-0.15, -0.1) is 0 Å². The molecule has 0 atom stereocenters. The molecule has 0 spiro atoms. The highest BCUT2D eigenvalue weighted by molar-refractivity contribution is 5.77. The van der Waals surface area contributed by atoms with Gasteiger partial charge in [-0.2, -0.15) is 13.2 Å². The molecule has 27 heavy (non-hydrogen) atoms. The third-order valence-electron chi connectivity index (χ3n) is 4.42. The number of benzene rings is 2. The standard InChI is InChI=1S/C20H21F3N2O2/c1-12(2)25-16-7-6-14(20(21,22)23)11-15(16)24-19(25)10-13-5-8-17(26-3)18(9-13)27-4/h5-9,11-12H,10H2,1-4H3. The molecule has 144 valence electrons. The van der Waals surface area contributed by atoms with Gasteiger partial charge in [0.15, 0.2) is 11.5 Å². The van der Waals surface area contributed by atoms with E-state index < -0.39 is 11.7 Å². The molecule has 3 aromatic rings. The lowest BCUT2D eigenvalue weighted by Crippen LogP contribution is -2.07. The van der Waals surface area contributed by atoms with Crippen LogP contribution in [-0.2, 0) is 12.6 Å². The summed E-state index contributed by atoms with van der Waals surface area (Å²) in [7, 11) is 3.12. The van der Waals surface area contributed by atoms with Crippen LogP contribution >= 0.6 is 0 Å². The molecule has 0 amide bonds. The fraction of sp³-hybridized carbons (Fsp3) is 0.350. The van der Waals surface area contributed by atoms with Gasteiger partial charge in [0.2, 0.25) is 0 Å². The number of methoxy groups -OCH3 is 2. The summed E-state index contributed by atoms with van der Waals surface area (Å²) in [4.78, 5) is 4.49. The van der Waals surface area contributed by atoms with Gasteiger partial charge >= 0.3 is 6.18 Å². The molecule has 3 rings (SSSR count). The Morgan fingerprint density at radius 1 is 1.00 bits per heavy atom. The Hall–Kier alpha value is -2.70. The van der Waals surface area contributed by atoms with Gasteiger partial charge < -0.3 is 14.0 Å². The van der Waals surface area contributed by atoms with Crippen molar-refractivity contribution in [2.24, 2.45) is 0 Å². The zero-order chi connectivity index (χ0) is 19.8. The number of imidazole rings is 1. The predicted molar refractivity (Wildman–Crippen MR) is 97.5 cm³/mol. The molecule has 0 bridgehead atoms. The number of hydrogen-bond acceptors (Lipinski definition) is 3. The van der Waals surface area contributed by atoms with Crippen LogP contribution in [0.3, 0.4) is 0 Å².